The van der Waals surface area contributed by atoms with Crippen molar-refractivity contribution in [1.29, 1.82) is 0 Å². The first-order chi connectivity index (χ1) is 12.6. The number of fused-ring (bicyclic) bond motifs is 1. The van der Waals surface area contributed by atoms with E-state index < -0.39 is 5.97 Å². The van der Waals surface area contributed by atoms with Crippen LogP contribution in [0.3, 0.4) is 0 Å². The number of amides is 1. The highest BCUT2D eigenvalue weighted by molar-refractivity contribution is 6.06. The third-order valence-electron chi connectivity index (χ3n) is 4.63. The van der Waals surface area contributed by atoms with E-state index in [0.29, 0.717) is 30.2 Å². The SMILES string of the molecule is COc1ccc2nc(C3CC3)cc(C(=O)NCCCCCC(=O)O)c2c1. The third kappa shape index (κ3) is 4.50. The van der Waals surface area contributed by atoms with Gasteiger partial charge in [0.05, 0.1) is 18.2 Å². The van der Waals surface area contributed by atoms with Crippen molar-refractivity contribution in [2.24, 2.45) is 0 Å². The fourth-order valence-corrected chi connectivity index (χ4v) is 3.00. The molecule has 6 nitrogen and oxygen atoms in total. The van der Waals surface area contributed by atoms with Gasteiger partial charge in [-0.15, -0.1) is 0 Å². The Morgan fingerprint density at radius 1 is 1.23 bits per heavy atom. The zero-order valence-corrected chi connectivity index (χ0v) is 15.0. The molecule has 1 aliphatic carbocycles. The lowest BCUT2D eigenvalue weighted by Crippen LogP contribution is -2.25. The second-order valence-corrected chi connectivity index (χ2v) is 6.71. The molecule has 0 bridgehead atoms. The van der Waals surface area contributed by atoms with Crippen molar-refractivity contribution in [3.63, 3.8) is 0 Å². The van der Waals surface area contributed by atoms with Crippen LogP contribution in [0.2, 0.25) is 0 Å². The Kier molecular flexibility index (Phi) is 5.71. The van der Waals surface area contributed by atoms with Gasteiger partial charge in [-0.3, -0.25) is 14.6 Å². The largest absolute Gasteiger partial charge is 0.497 e. The summed E-state index contributed by atoms with van der Waals surface area (Å²) < 4.78 is 5.28. The van der Waals surface area contributed by atoms with Gasteiger partial charge in [0.25, 0.3) is 5.91 Å². The number of carbonyl (C=O) groups excluding carboxylic acids is 1. The van der Waals surface area contributed by atoms with E-state index in [1.165, 1.54) is 0 Å². The molecule has 1 amide bonds. The van der Waals surface area contributed by atoms with Crippen LogP contribution in [0.1, 0.15) is 60.5 Å². The number of nitrogens with one attached hydrogen (secondary N) is 1. The molecule has 1 heterocycles. The smallest absolute Gasteiger partial charge is 0.303 e. The maximum absolute atomic E-state index is 12.7. The Morgan fingerprint density at radius 2 is 2.04 bits per heavy atom. The number of aliphatic carboxylic acids is 1. The van der Waals surface area contributed by atoms with E-state index in [-0.39, 0.29) is 12.3 Å². The van der Waals surface area contributed by atoms with Crippen molar-refractivity contribution in [3.05, 3.63) is 35.5 Å². The molecule has 0 radical (unpaired) electrons. The monoisotopic (exact) mass is 356 g/mol. The molecule has 6 heteroatoms. The second-order valence-electron chi connectivity index (χ2n) is 6.71. The molecule has 2 aromatic rings. The van der Waals surface area contributed by atoms with Gasteiger partial charge in [0.15, 0.2) is 0 Å². The summed E-state index contributed by atoms with van der Waals surface area (Å²) in [6.07, 6.45) is 4.60. The quantitative estimate of drug-likeness (QED) is 0.671. The Morgan fingerprint density at radius 3 is 2.73 bits per heavy atom. The van der Waals surface area contributed by atoms with Crippen LogP contribution in [-0.4, -0.2) is 35.6 Å². The van der Waals surface area contributed by atoms with Crippen LogP contribution in [0.15, 0.2) is 24.3 Å². The number of hydrogen-bond donors (Lipinski definition) is 2. The molecule has 138 valence electrons. The molecule has 2 N–H and O–H groups in total. The lowest BCUT2D eigenvalue weighted by atomic mass is 10.0. The zero-order chi connectivity index (χ0) is 18.5. The number of carbonyl (C=O) groups is 2. The van der Waals surface area contributed by atoms with Crippen LogP contribution in [0.5, 0.6) is 5.75 Å². The number of methoxy groups -OCH3 is 1. The second kappa shape index (κ2) is 8.17. The van der Waals surface area contributed by atoms with E-state index in [1.807, 2.05) is 24.3 Å². The van der Waals surface area contributed by atoms with E-state index >= 15 is 0 Å². The summed E-state index contributed by atoms with van der Waals surface area (Å²) in [5, 5.41) is 12.4. The number of benzene rings is 1. The summed E-state index contributed by atoms with van der Waals surface area (Å²) in [5.74, 6) is 0.259. The third-order valence-corrected chi connectivity index (χ3v) is 4.63. The molecule has 0 atom stereocenters. The molecule has 1 aliphatic rings. The first-order valence-electron chi connectivity index (χ1n) is 9.07. The van der Waals surface area contributed by atoms with E-state index in [0.717, 1.165) is 42.3 Å². The van der Waals surface area contributed by atoms with Crippen molar-refractivity contribution in [2.45, 2.75) is 44.4 Å². The number of rotatable bonds is 9. The van der Waals surface area contributed by atoms with E-state index in [2.05, 4.69) is 5.32 Å². The van der Waals surface area contributed by atoms with Crippen LogP contribution < -0.4 is 10.1 Å². The molecule has 0 saturated heterocycles. The minimum absolute atomic E-state index is 0.120. The Bertz CT molecular complexity index is 815. The highest BCUT2D eigenvalue weighted by atomic mass is 16.5. The van der Waals surface area contributed by atoms with Crippen LogP contribution in [0, 0.1) is 0 Å². The zero-order valence-electron chi connectivity index (χ0n) is 15.0. The molecule has 1 fully saturated rings. The lowest BCUT2D eigenvalue weighted by molar-refractivity contribution is -0.137. The Balaban J connectivity index is 1.72. The molecule has 1 saturated carbocycles. The first-order valence-corrected chi connectivity index (χ1v) is 9.07. The number of ether oxygens (including phenoxy) is 1. The summed E-state index contributed by atoms with van der Waals surface area (Å²) in [7, 11) is 1.60. The maximum Gasteiger partial charge on any atom is 0.303 e. The Labute approximate surface area is 152 Å². The first kappa shape index (κ1) is 18.2. The van der Waals surface area contributed by atoms with Gasteiger partial charge in [-0.1, -0.05) is 6.42 Å². The summed E-state index contributed by atoms with van der Waals surface area (Å²) in [6.45, 7) is 0.533. The van der Waals surface area contributed by atoms with Crippen molar-refractivity contribution < 1.29 is 19.4 Å². The number of nitrogens with zero attached hydrogens (tertiary/aromatic N) is 1. The number of unbranched alkanes of at least 4 members (excludes halogenated alkanes) is 2. The minimum Gasteiger partial charge on any atom is -0.497 e. The predicted octanol–water partition coefficient (Wildman–Crippen LogP) is 3.50. The molecule has 3 rings (SSSR count). The Hall–Kier alpha value is -2.63. The highest BCUT2D eigenvalue weighted by Gasteiger charge is 2.27. The molecular weight excluding hydrogens is 332 g/mol. The molecular formula is C20H24N2O4. The fourth-order valence-electron chi connectivity index (χ4n) is 3.00. The number of carboxylic acids is 1. The van der Waals surface area contributed by atoms with E-state index in [4.69, 9.17) is 14.8 Å². The minimum atomic E-state index is -0.779. The highest BCUT2D eigenvalue weighted by Crippen LogP contribution is 2.40. The lowest BCUT2D eigenvalue weighted by Gasteiger charge is -2.11. The van der Waals surface area contributed by atoms with Gasteiger partial charge < -0.3 is 15.2 Å². The standard InChI is InChI=1S/C20H24N2O4/c1-26-14-8-9-17-15(11-14)16(12-18(22-17)13-6-7-13)20(25)21-10-4-2-3-5-19(23)24/h8-9,11-13H,2-7,10H2,1H3,(H,21,25)(H,23,24). The summed E-state index contributed by atoms with van der Waals surface area (Å²) in [6, 6.07) is 7.50. The van der Waals surface area contributed by atoms with Gasteiger partial charge in [-0.05, 0) is 49.9 Å². The van der Waals surface area contributed by atoms with Crippen molar-refractivity contribution in [3.8, 4) is 5.75 Å². The molecule has 1 aromatic carbocycles. The van der Waals surface area contributed by atoms with Gasteiger partial charge in [-0.25, -0.2) is 0 Å². The summed E-state index contributed by atoms with van der Waals surface area (Å²) in [5.41, 5.74) is 2.41. The summed E-state index contributed by atoms with van der Waals surface area (Å²) in [4.78, 5) is 27.9. The van der Waals surface area contributed by atoms with E-state index in [9.17, 15) is 9.59 Å². The number of carboxylic acid groups (broad SMARTS) is 1. The predicted molar refractivity (Wildman–Crippen MR) is 98.7 cm³/mol. The maximum atomic E-state index is 12.7. The number of aromatic nitrogens is 1. The van der Waals surface area contributed by atoms with Gasteiger partial charge in [-0.2, -0.15) is 0 Å². The average molecular weight is 356 g/mol. The van der Waals surface area contributed by atoms with Crippen molar-refractivity contribution in [1.82, 2.24) is 10.3 Å². The average Bonchev–Trinajstić information content (AvgIpc) is 3.48. The van der Waals surface area contributed by atoms with Gasteiger partial charge in [0.2, 0.25) is 0 Å². The van der Waals surface area contributed by atoms with E-state index in [1.54, 1.807) is 7.11 Å². The van der Waals surface area contributed by atoms with Crippen LogP contribution in [-0.2, 0) is 4.79 Å². The molecule has 26 heavy (non-hydrogen) atoms. The van der Waals surface area contributed by atoms with Gasteiger partial charge in [0.1, 0.15) is 5.75 Å². The van der Waals surface area contributed by atoms with Gasteiger partial charge in [0, 0.05) is 30.0 Å². The fraction of sp³-hybridized carbons (Fsp3) is 0.450. The molecule has 0 aliphatic heterocycles. The topological polar surface area (TPSA) is 88.5 Å². The number of hydrogen-bond acceptors (Lipinski definition) is 4. The summed E-state index contributed by atoms with van der Waals surface area (Å²) >= 11 is 0. The van der Waals surface area contributed by atoms with Crippen molar-refractivity contribution >= 4 is 22.8 Å². The molecule has 1 aromatic heterocycles. The van der Waals surface area contributed by atoms with Crippen LogP contribution in [0.4, 0.5) is 0 Å². The van der Waals surface area contributed by atoms with Crippen LogP contribution in [0.25, 0.3) is 10.9 Å². The van der Waals surface area contributed by atoms with Gasteiger partial charge >= 0.3 is 5.97 Å². The normalized spacial score (nSPS) is 13.6. The molecule has 0 spiro atoms. The van der Waals surface area contributed by atoms with Crippen molar-refractivity contribution in [2.75, 3.05) is 13.7 Å². The van der Waals surface area contributed by atoms with Crippen LogP contribution >= 0.6 is 0 Å². The molecule has 0 unspecified atom stereocenters. The number of pyridine rings is 1.